The first-order chi connectivity index (χ1) is 8.81. The predicted octanol–water partition coefficient (Wildman–Crippen LogP) is 4.73. The second-order valence-corrected chi connectivity index (χ2v) is 5.84. The topological polar surface area (TPSA) is 28.7 Å². The SMILES string of the molecule is Clc1ccc2nc(CC3CCCCCC3)[nH]c2c1. The van der Waals surface area contributed by atoms with Crippen LogP contribution < -0.4 is 0 Å². The number of rotatable bonds is 2. The average Bonchev–Trinajstić information content (AvgIpc) is 2.57. The summed E-state index contributed by atoms with van der Waals surface area (Å²) in [4.78, 5) is 8.07. The summed E-state index contributed by atoms with van der Waals surface area (Å²) in [5.74, 6) is 1.93. The molecule has 0 bridgehead atoms. The number of nitrogens with zero attached hydrogens (tertiary/aromatic N) is 1. The zero-order valence-electron chi connectivity index (χ0n) is 10.6. The normalized spacial score (nSPS) is 18.1. The Hall–Kier alpha value is -1.02. The highest BCUT2D eigenvalue weighted by Gasteiger charge is 2.14. The maximum Gasteiger partial charge on any atom is 0.107 e. The number of halogens is 1. The fourth-order valence-electron chi connectivity index (χ4n) is 2.97. The van der Waals surface area contributed by atoms with Gasteiger partial charge in [0.25, 0.3) is 0 Å². The minimum atomic E-state index is 0.771. The van der Waals surface area contributed by atoms with Crippen LogP contribution in [-0.2, 0) is 6.42 Å². The van der Waals surface area contributed by atoms with Crippen molar-refractivity contribution in [3.05, 3.63) is 29.0 Å². The summed E-state index contributed by atoms with van der Waals surface area (Å²) in [6.07, 6.45) is 9.40. The van der Waals surface area contributed by atoms with Crippen LogP contribution in [0.3, 0.4) is 0 Å². The van der Waals surface area contributed by atoms with Crippen LogP contribution in [0.2, 0.25) is 5.02 Å². The van der Waals surface area contributed by atoms with Crippen molar-refractivity contribution >= 4 is 22.6 Å². The Morgan fingerprint density at radius 1 is 1.17 bits per heavy atom. The summed E-state index contributed by atoms with van der Waals surface area (Å²) in [6, 6.07) is 5.85. The third-order valence-electron chi connectivity index (χ3n) is 3.95. The molecule has 1 heterocycles. The van der Waals surface area contributed by atoms with Crippen LogP contribution in [-0.4, -0.2) is 9.97 Å². The van der Waals surface area contributed by atoms with Gasteiger partial charge >= 0.3 is 0 Å². The first kappa shape index (κ1) is 12.0. The van der Waals surface area contributed by atoms with Gasteiger partial charge in [-0.2, -0.15) is 0 Å². The van der Waals surface area contributed by atoms with Crippen molar-refractivity contribution < 1.29 is 0 Å². The fraction of sp³-hybridized carbons (Fsp3) is 0.533. The number of imidazole rings is 1. The van der Waals surface area contributed by atoms with Crippen molar-refractivity contribution in [3.63, 3.8) is 0 Å². The van der Waals surface area contributed by atoms with Gasteiger partial charge in [-0.05, 0) is 24.1 Å². The van der Waals surface area contributed by atoms with Gasteiger partial charge in [0, 0.05) is 11.4 Å². The predicted molar refractivity (Wildman–Crippen MR) is 76.0 cm³/mol. The molecule has 1 aromatic heterocycles. The van der Waals surface area contributed by atoms with E-state index in [4.69, 9.17) is 11.6 Å². The highest BCUT2D eigenvalue weighted by Crippen LogP contribution is 2.26. The molecule has 2 nitrogen and oxygen atoms in total. The first-order valence-electron chi connectivity index (χ1n) is 6.95. The number of benzene rings is 1. The number of hydrogen-bond donors (Lipinski definition) is 1. The molecule has 1 aliphatic carbocycles. The van der Waals surface area contributed by atoms with Crippen LogP contribution in [0.4, 0.5) is 0 Å². The smallest absolute Gasteiger partial charge is 0.107 e. The van der Waals surface area contributed by atoms with E-state index < -0.39 is 0 Å². The number of hydrogen-bond acceptors (Lipinski definition) is 1. The Morgan fingerprint density at radius 2 is 1.94 bits per heavy atom. The molecule has 1 saturated carbocycles. The molecule has 2 aromatic rings. The molecule has 0 spiro atoms. The molecule has 1 aliphatic rings. The second-order valence-electron chi connectivity index (χ2n) is 5.41. The Morgan fingerprint density at radius 3 is 2.72 bits per heavy atom. The standard InChI is InChI=1S/C15H19ClN2/c16-12-7-8-13-14(10-12)18-15(17-13)9-11-5-3-1-2-4-6-11/h7-8,10-11H,1-6,9H2,(H,17,18). The summed E-state index contributed by atoms with van der Waals surface area (Å²) in [7, 11) is 0. The molecule has 0 unspecified atom stereocenters. The quantitative estimate of drug-likeness (QED) is 0.779. The molecule has 1 fully saturated rings. The minimum Gasteiger partial charge on any atom is -0.342 e. The van der Waals surface area contributed by atoms with Crippen LogP contribution in [0.1, 0.15) is 44.3 Å². The van der Waals surface area contributed by atoms with Crippen LogP contribution in [0.15, 0.2) is 18.2 Å². The molecular weight excluding hydrogens is 244 g/mol. The van der Waals surface area contributed by atoms with Gasteiger partial charge in [-0.1, -0.05) is 50.1 Å². The molecule has 3 rings (SSSR count). The zero-order chi connectivity index (χ0) is 12.4. The van der Waals surface area contributed by atoms with Gasteiger partial charge in [-0.15, -0.1) is 0 Å². The van der Waals surface area contributed by atoms with E-state index in [0.29, 0.717) is 0 Å². The lowest BCUT2D eigenvalue weighted by Gasteiger charge is -2.11. The molecule has 0 radical (unpaired) electrons. The summed E-state index contributed by atoms with van der Waals surface area (Å²) in [6.45, 7) is 0. The summed E-state index contributed by atoms with van der Waals surface area (Å²) in [5.41, 5.74) is 2.09. The number of H-pyrrole nitrogens is 1. The van der Waals surface area contributed by atoms with E-state index in [0.717, 1.165) is 34.2 Å². The monoisotopic (exact) mass is 262 g/mol. The Kier molecular flexibility index (Phi) is 3.55. The molecule has 1 N–H and O–H groups in total. The lowest BCUT2D eigenvalue weighted by Crippen LogP contribution is -2.04. The van der Waals surface area contributed by atoms with Gasteiger partial charge in [0.2, 0.25) is 0 Å². The number of nitrogens with one attached hydrogen (secondary N) is 1. The second kappa shape index (κ2) is 5.31. The van der Waals surface area contributed by atoms with Crippen LogP contribution in [0.25, 0.3) is 11.0 Å². The van der Waals surface area contributed by atoms with Crippen molar-refractivity contribution in [2.45, 2.75) is 44.9 Å². The minimum absolute atomic E-state index is 0.771. The van der Waals surface area contributed by atoms with Crippen LogP contribution >= 0.6 is 11.6 Å². The molecule has 0 atom stereocenters. The third-order valence-corrected chi connectivity index (χ3v) is 4.18. The highest BCUT2D eigenvalue weighted by atomic mass is 35.5. The maximum absolute atomic E-state index is 5.99. The maximum atomic E-state index is 5.99. The largest absolute Gasteiger partial charge is 0.342 e. The number of aromatic amines is 1. The fourth-order valence-corrected chi connectivity index (χ4v) is 3.14. The average molecular weight is 263 g/mol. The Balaban J connectivity index is 1.77. The van der Waals surface area contributed by atoms with Gasteiger partial charge in [0.05, 0.1) is 11.0 Å². The van der Waals surface area contributed by atoms with Crippen molar-refractivity contribution in [1.82, 2.24) is 9.97 Å². The van der Waals surface area contributed by atoms with Gasteiger partial charge in [0.15, 0.2) is 0 Å². The molecule has 0 aliphatic heterocycles. The van der Waals surface area contributed by atoms with E-state index in [1.54, 1.807) is 0 Å². The van der Waals surface area contributed by atoms with E-state index in [9.17, 15) is 0 Å². The lowest BCUT2D eigenvalue weighted by atomic mass is 9.96. The summed E-state index contributed by atoms with van der Waals surface area (Å²) >= 11 is 5.99. The summed E-state index contributed by atoms with van der Waals surface area (Å²) < 4.78 is 0. The first-order valence-corrected chi connectivity index (χ1v) is 7.33. The molecule has 96 valence electrons. The molecule has 1 aromatic carbocycles. The van der Waals surface area contributed by atoms with Crippen molar-refractivity contribution in [1.29, 1.82) is 0 Å². The Bertz CT molecular complexity index is 524. The van der Waals surface area contributed by atoms with Crippen LogP contribution in [0, 0.1) is 5.92 Å². The molecular formula is C15H19ClN2. The highest BCUT2D eigenvalue weighted by molar-refractivity contribution is 6.31. The van der Waals surface area contributed by atoms with E-state index in [1.807, 2.05) is 18.2 Å². The lowest BCUT2D eigenvalue weighted by molar-refractivity contribution is 0.450. The zero-order valence-corrected chi connectivity index (χ0v) is 11.3. The van der Waals surface area contributed by atoms with Gasteiger partial charge in [-0.3, -0.25) is 0 Å². The van der Waals surface area contributed by atoms with Gasteiger partial charge in [-0.25, -0.2) is 4.98 Å². The third kappa shape index (κ3) is 2.69. The Labute approximate surface area is 113 Å². The molecule has 3 heteroatoms. The summed E-state index contributed by atoms with van der Waals surface area (Å²) in [5, 5.41) is 0.771. The van der Waals surface area contributed by atoms with E-state index in [2.05, 4.69) is 9.97 Å². The van der Waals surface area contributed by atoms with E-state index in [-0.39, 0.29) is 0 Å². The molecule has 18 heavy (non-hydrogen) atoms. The number of aromatic nitrogens is 2. The number of fused-ring (bicyclic) bond motifs is 1. The van der Waals surface area contributed by atoms with Crippen LogP contribution in [0.5, 0.6) is 0 Å². The van der Waals surface area contributed by atoms with E-state index >= 15 is 0 Å². The van der Waals surface area contributed by atoms with Crippen molar-refractivity contribution in [3.8, 4) is 0 Å². The van der Waals surface area contributed by atoms with Crippen molar-refractivity contribution in [2.24, 2.45) is 5.92 Å². The van der Waals surface area contributed by atoms with Crippen molar-refractivity contribution in [2.75, 3.05) is 0 Å². The van der Waals surface area contributed by atoms with E-state index in [1.165, 1.54) is 38.5 Å². The molecule has 0 amide bonds. The molecule has 0 saturated heterocycles. The van der Waals surface area contributed by atoms with Gasteiger partial charge < -0.3 is 4.98 Å². The van der Waals surface area contributed by atoms with Gasteiger partial charge in [0.1, 0.15) is 5.82 Å².